The number of benzene rings is 1. The normalized spacial score (nSPS) is 22.1. The van der Waals surface area contributed by atoms with Crippen molar-refractivity contribution in [1.82, 2.24) is 9.88 Å². The maximum absolute atomic E-state index is 13.4. The average Bonchev–Trinajstić information content (AvgIpc) is 3.32. The molecule has 3 heterocycles. The summed E-state index contributed by atoms with van der Waals surface area (Å²) in [6.45, 7) is 1.12. The first-order valence-electron chi connectivity index (χ1n) is 9.72. The minimum Gasteiger partial charge on any atom is -0.454 e. The maximum atomic E-state index is 13.4. The number of hydrogen-bond acceptors (Lipinski definition) is 6. The van der Waals surface area contributed by atoms with Gasteiger partial charge < -0.3 is 15.0 Å². The summed E-state index contributed by atoms with van der Waals surface area (Å²) in [4.78, 5) is 42.3. The molecule has 2 amide bonds. The third-order valence-electron chi connectivity index (χ3n) is 5.50. The van der Waals surface area contributed by atoms with Gasteiger partial charge in [0.2, 0.25) is 5.91 Å². The quantitative estimate of drug-likeness (QED) is 0.630. The van der Waals surface area contributed by atoms with Crippen LogP contribution in [0, 0.1) is 12.7 Å². The van der Waals surface area contributed by atoms with Crippen LogP contribution in [-0.2, 0) is 24.0 Å². The number of thioether (sulfide) groups is 1. The Morgan fingerprint density at radius 2 is 2.06 bits per heavy atom. The van der Waals surface area contributed by atoms with Gasteiger partial charge in [0.15, 0.2) is 12.4 Å². The van der Waals surface area contributed by atoms with Crippen LogP contribution in [0.2, 0.25) is 10.0 Å². The molecule has 2 saturated heterocycles. The summed E-state index contributed by atoms with van der Waals surface area (Å²) in [6.07, 6.45) is 2.13. The number of halogens is 3. The fourth-order valence-corrected chi connectivity index (χ4v) is 5.90. The van der Waals surface area contributed by atoms with Crippen molar-refractivity contribution in [2.75, 3.05) is 17.7 Å². The van der Waals surface area contributed by atoms with E-state index in [0.29, 0.717) is 22.8 Å². The first kappa shape index (κ1) is 22.8. The standard InChI is InChI=1S/C21H18Cl2FN3O4S/c1-11-14(22)8-25-19(18(11)23)26-16(28)9-31-20(30)15-10-32-21(7-6-17(29)27(15)21)12-2-4-13(24)5-3-12/h2-5,8,15H,6-7,9-10H2,1H3,(H,25,26,28)/t15-,21-/m0/s1. The van der Waals surface area contributed by atoms with Crippen molar-refractivity contribution in [1.29, 1.82) is 0 Å². The Labute approximate surface area is 197 Å². The molecule has 2 atom stereocenters. The molecule has 32 heavy (non-hydrogen) atoms. The Morgan fingerprint density at radius 1 is 1.34 bits per heavy atom. The third-order valence-corrected chi connectivity index (χ3v) is 7.94. The van der Waals surface area contributed by atoms with Crippen LogP contribution in [0.1, 0.15) is 24.0 Å². The molecule has 0 unspecified atom stereocenters. The molecule has 168 valence electrons. The van der Waals surface area contributed by atoms with Crippen molar-refractivity contribution in [3.05, 3.63) is 57.5 Å². The van der Waals surface area contributed by atoms with Gasteiger partial charge in [0, 0.05) is 18.4 Å². The molecule has 1 N–H and O–H groups in total. The summed E-state index contributed by atoms with van der Waals surface area (Å²) < 4.78 is 18.6. The van der Waals surface area contributed by atoms with Gasteiger partial charge in [-0.15, -0.1) is 11.8 Å². The van der Waals surface area contributed by atoms with Gasteiger partial charge in [0.25, 0.3) is 5.91 Å². The minimum absolute atomic E-state index is 0.107. The lowest BCUT2D eigenvalue weighted by Gasteiger charge is -2.33. The number of anilines is 1. The first-order valence-corrected chi connectivity index (χ1v) is 11.5. The average molecular weight is 498 g/mol. The molecule has 0 spiro atoms. The van der Waals surface area contributed by atoms with Gasteiger partial charge in [-0.2, -0.15) is 0 Å². The number of carbonyl (C=O) groups is 3. The summed E-state index contributed by atoms with van der Waals surface area (Å²) in [6, 6.07) is 5.07. The monoisotopic (exact) mass is 497 g/mol. The van der Waals surface area contributed by atoms with Crippen LogP contribution in [0.25, 0.3) is 0 Å². The van der Waals surface area contributed by atoms with E-state index in [0.717, 1.165) is 5.56 Å². The van der Waals surface area contributed by atoms with Gasteiger partial charge in [0.05, 0.1) is 10.0 Å². The fourth-order valence-electron chi connectivity index (χ4n) is 3.87. The lowest BCUT2D eigenvalue weighted by atomic mass is 10.0. The molecule has 0 aliphatic carbocycles. The highest BCUT2D eigenvalue weighted by atomic mass is 35.5. The number of esters is 1. The highest BCUT2D eigenvalue weighted by Crippen LogP contribution is 2.54. The molecule has 2 aliphatic heterocycles. The highest BCUT2D eigenvalue weighted by molar-refractivity contribution is 8.00. The molecule has 0 radical (unpaired) electrons. The molecule has 1 aromatic carbocycles. The van der Waals surface area contributed by atoms with Crippen molar-refractivity contribution in [2.45, 2.75) is 30.7 Å². The number of carbonyl (C=O) groups excluding carboxylic acids is 3. The van der Waals surface area contributed by atoms with Gasteiger partial charge in [-0.1, -0.05) is 35.3 Å². The molecule has 7 nitrogen and oxygen atoms in total. The molecule has 2 aromatic rings. The number of amides is 2. The van der Waals surface area contributed by atoms with Crippen LogP contribution < -0.4 is 5.32 Å². The summed E-state index contributed by atoms with van der Waals surface area (Å²) >= 11 is 13.5. The number of fused-ring (bicyclic) bond motifs is 1. The summed E-state index contributed by atoms with van der Waals surface area (Å²) in [5.41, 5.74) is 1.31. The minimum atomic E-state index is -0.840. The van der Waals surface area contributed by atoms with E-state index in [1.807, 2.05) is 0 Å². The van der Waals surface area contributed by atoms with Crippen molar-refractivity contribution in [3.8, 4) is 0 Å². The summed E-state index contributed by atoms with van der Waals surface area (Å²) in [5.74, 6) is -1.45. The second kappa shape index (κ2) is 8.88. The predicted octanol–water partition coefficient (Wildman–Crippen LogP) is 3.91. The molecule has 0 bridgehead atoms. The van der Waals surface area contributed by atoms with Crippen LogP contribution in [-0.4, -0.2) is 46.1 Å². The number of nitrogens with zero attached hydrogens (tertiary/aromatic N) is 2. The first-order chi connectivity index (χ1) is 15.2. The van der Waals surface area contributed by atoms with E-state index in [2.05, 4.69) is 10.3 Å². The van der Waals surface area contributed by atoms with Crippen LogP contribution >= 0.6 is 35.0 Å². The SMILES string of the molecule is Cc1c(Cl)cnc(NC(=O)COC(=O)[C@@H]2CS[C@]3(c4ccc(F)cc4)CCC(=O)N23)c1Cl. The maximum Gasteiger partial charge on any atom is 0.330 e. The van der Waals surface area contributed by atoms with E-state index in [-0.39, 0.29) is 29.0 Å². The number of nitrogens with one attached hydrogen (secondary N) is 1. The Hall–Kier alpha value is -2.36. The van der Waals surface area contributed by atoms with E-state index in [1.165, 1.54) is 35.0 Å². The van der Waals surface area contributed by atoms with Crippen molar-refractivity contribution >= 4 is 58.6 Å². The van der Waals surface area contributed by atoms with Crippen molar-refractivity contribution < 1.29 is 23.5 Å². The molecule has 2 aliphatic rings. The summed E-state index contributed by atoms with van der Waals surface area (Å²) in [7, 11) is 0. The van der Waals surface area contributed by atoms with Crippen LogP contribution in [0.4, 0.5) is 10.2 Å². The lowest BCUT2D eigenvalue weighted by molar-refractivity contribution is -0.155. The Bertz CT molecular complexity index is 1100. The molecule has 11 heteroatoms. The van der Waals surface area contributed by atoms with E-state index < -0.39 is 29.4 Å². The Kier molecular flexibility index (Phi) is 6.33. The topological polar surface area (TPSA) is 88.6 Å². The van der Waals surface area contributed by atoms with E-state index in [4.69, 9.17) is 27.9 Å². The largest absolute Gasteiger partial charge is 0.454 e. The van der Waals surface area contributed by atoms with Gasteiger partial charge in [-0.25, -0.2) is 14.2 Å². The third kappa shape index (κ3) is 4.04. The van der Waals surface area contributed by atoms with Gasteiger partial charge in [-0.05, 0) is 36.6 Å². The van der Waals surface area contributed by atoms with Crippen LogP contribution in [0.15, 0.2) is 30.5 Å². The lowest BCUT2D eigenvalue weighted by Crippen LogP contribution is -2.47. The van der Waals surface area contributed by atoms with E-state index >= 15 is 0 Å². The number of ether oxygens (including phenoxy) is 1. The molecular formula is C21H18Cl2FN3O4S. The molecule has 4 rings (SSSR count). The smallest absolute Gasteiger partial charge is 0.330 e. The molecule has 0 saturated carbocycles. The number of hydrogen-bond donors (Lipinski definition) is 1. The molecule has 2 fully saturated rings. The number of aromatic nitrogens is 1. The fraction of sp³-hybridized carbons (Fsp3) is 0.333. The Balaban J connectivity index is 1.43. The second-order valence-corrected chi connectivity index (χ2v) is 9.51. The zero-order valence-electron chi connectivity index (χ0n) is 16.9. The highest BCUT2D eigenvalue weighted by Gasteiger charge is 2.57. The van der Waals surface area contributed by atoms with Crippen molar-refractivity contribution in [2.24, 2.45) is 0 Å². The van der Waals surface area contributed by atoms with Crippen molar-refractivity contribution in [3.63, 3.8) is 0 Å². The van der Waals surface area contributed by atoms with Gasteiger partial charge in [-0.3, -0.25) is 9.59 Å². The Morgan fingerprint density at radius 3 is 2.78 bits per heavy atom. The van der Waals surface area contributed by atoms with Gasteiger partial charge in [0.1, 0.15) is 16.7 Å². The number of rotatable bonds is 5. The summed E-state index contributed by atoms with van der Waals surface area (Å²) in [5, 5.41) is 3.03. The zero-order valence-corrected chi connectivity index (χ0v) is 19.2. The number of pyridine rings is 1. The van der Waals surface area contributed by atoms with Crippen LogP contribution in [0.3, 0.4) is 0 Å². The molecule has 1 aromatic heterocycles. The van der Waals surface area contributed by atoms with Crippen LogP contribution in [0.5, 0.6) is 0 Å². The van der Waals surface area contributed by atoms with Gasteiger partial charge >= 0.3 is 5.97 Å². The molecular weight excluding hydrogens is 480 g/mol. The zero-order chi connectivity index (χ0) is 23.0. The predicted molar refractivity (Wildman–Crippen MR) is 119 cm³/mol. The van der Waals surface area contributed by atoms with E-state index in [1.54, 1.807) is 19.1 Å². The second-order valence-electron chi connectivity index (χ2n) is 7.43. The van der Waals surface area contributed by atoms with E-state index in [9.17, 15) is 18.8 Å².